The van der Waals surface area contributed by atoms with E-state index in [2.05, 4.69) is 43.3 Å². The van der Waals surface area contributed by atoms with Gasteiger partial charge in [-0.3, -0.25) is 0 Å². The zero-order valence-electron chi connectivity index (χ0n) is 10.9. The number of para-hydroxylation sites is 1. The summed E-state index contributed by atoms with van der Waals surface area (Å²) in [5.41, 5.74) is 1.58. The van der Waals surface area contributed by atoms with Crippen LogP contribution in [0.15, 0.2) is 39.3 Å². The molecule has 0 aliphatic heterocycles. The predicted molar refractivity (Wildman–Crippen MR) is 81.5 cm³/mol. The molecule has 0 saturated carbocycles. The van der Waals surface area contributed by atoms with Crippen molar-refractivity contribution in [3.8, 4) is 11.5 Å². The van der Waals surface area contributed by atoms with Crippen LogP contribution in [0.4, 0.5) is 6.01 Å². The van der Waals surface area contributed by atoms with Gasteiger partial charge in [-0.1, -0.05) is 30.3 Å². The molecule has 2 aromatic heterocycles. The van der Waals surface area contributed by atoms with Gasteiger partial charge in [0.15, 0.2) is 0 Å². The molecule has 0 atom stereocenters. The van der Waals surface area contributed by atoms with E-state index in [1.807, 2.05) is 30.3 Å². The third kappa shape index (κ3) is 2.51. The number of anilines is 1. The first-order valence-electron chi connectivity index (χ1n) is 6.41. The molecule has 1 aromatic carbocycles. The minimum atomic E-state index is 0.420. The van der Waals surface area contributed by atoms with E-state index in [9.17, 15) is 0 Å². The van der Waals surface area contributed by atoms with Gasteiger partial charge in [0.05, 0.1) is 5.52 Å². The van der Waals surface area contributed by atoms with Crippen LogP contribution in [0.3, 0.4) is 0 Å². The number of halogens is 1. The Bertz CT molecular complexity index is 741. The van der Waals surface area contributed by atoms with Crippen LogP contribution in [0.2, 0.25) is 0 Å². The van der Waals surface area contributed by atoms with Crippen molar-refractivity contribution < 1.29 is 4.52 Å². The van der Waals surface area contributed by atoms with Crippen molar-refractivity contribution in [2.24, 2.45) is 0 Å². The van der Waals surface area contributed by atoms with Crippen molar-refractivity contribution in [1.29, 1.82) is 0 Å². The molecule has 2 heterocycles. The molecule has 3 rings (SSSR count). The number of hydrogen-bond donors (Lipinski definition) is 1. The van der Waals surface area contributed by atoms with Crippen LogP contribution in [0, 0.1) is 0 Å². The summed E-state index contributed by atoms with van der Waals surface area (Å²) in [4.78, 5) is 8.88. The quantitative estimate of drug-likeness (QED) is 0.785. The number of hydrogen-bond acceptors (Lipinski definition) is 5. The molecule has 0 spiro atoms. The van der Waals surface area contributed by atoms with Crippen LogP contribution < -0.4 is 5.32 Å². The highest BCUT2D eigenvalue weighted by Crippen LogP contribution is 2.28. The molecule has 0 fully saturated rings. The first-order chi connectivity index (χ1) is 9.78. The molecular formula is C14H13BrN4O. The summed E-state index contributed by atoms with van der Waals surface area (Å²) >= 11 is 3.51. The van der Waals surface area contributed by atoms with Gasteiger partial charge >= 0.3 is 6.01 Å². The van der Waals surface area contributed by atoms with Crippen molar-refractivity contribution in [2.45, 2.75) is 13.3 Å². The van der Waals surface area contributed by atoms with Crippen LogP contribution in [0.25, 0.3) is 22.4 Å². The van der Waals surface area contributed by atoms with E-state index < -0.39 is 0 Å². The minimum Gasteiger partial charge on any atom is -0.338 e. The molecule has 0 aliphatic carbocycles. The van der Waals surface area contributed by atoms with E-state index >= 15 is 0 Å². The van der Waals surface area contributed by atoms with Crippen LogP contribution in [-0.2, 0) is 0 Å². The van der Waals surface area contributed by atoms with Gasteiger partial charge in [-0.25, -0.2) is 4.98 Å². The first-order valence-corrected chi connectivity index (χ1v) is 7.20. The Morgan fingerprint density at radius 2 is 2.10 bits per heavy atom. The molecule has 3 aromatic rings. The largest absolute Gasteiger partial charge is 0.338 e. The Balaban J connectivity index is 2.00. The molecule has 0 radical (unpaired) electrons. The fraction of sp³-hybridized carbons (Fsp3) is 0.214. The van der Waals surface area contributed by atoms with Gasteiger partial charge in [-0.2, -0.15) is 4.98 Å². The smallest absolute Gasteiger partial charge is 0.321 e. The maximum atomic E-state index is 5.16. The third-order valence-electron chi connectivity index (χ3n) is 2.84. The molecule has 0 unspecified atom stereocenters. The molecule has 0 aliphatic rings. The van der Waals surface area contributed by atoms with E-state index in [0.29, 0.717) is 17.5 Å². The lowest BCUT2D eigenvalue weighted by molar-refractivity contribution is 0.432. The Morgan fingerprint density at radius 3 is 2.95 bits per heavy atom. The van der Waals surface area contributed by atoms with Gasteiger partial charge in [-0.05, 0) is 34.5 Å². The number of aromatic nitrogens is 3. The van der Waals surface area contributed by atoms with Crippen LogP contribution >= 0.6 is 15.9 Å². The number of fused-ring (bicyclic) bond motifs is 1. The van der Waals surface area contributed by atoms with Crippen molar-refractivity contribution in [1.82, 2.24) is 15.1 Å². The lowest BCUT2D eigenvalue weighted by atomic mass is 10.2. The van der Waals surface area contributed by atoms with Crippen molar-refractivity contribution >= 4 is 32.8 Å². The van der Waals surface area contributed by atoms with E-state index in [0.717, 1.165) is 28.3 Å². The number of pyridine rings is 1. The van der Waals surface area contributed by atoms with Gasteiger partial charge in [0.1, 0.15) is 5.69 Å². The molecule has 5 nitrogen and oxygen atoms in total. The zero-order valence-corrected chi connectivity index (χ0v) is 12.5. The monoisotopic (exact) mass is 332 g/mol. The Hall–Kier alpha value is -1.95. The Morgan fingerprint density at radius 1 is 1.25 bits per heavy atom. The minimum absolute atomic E-state index is 0.420. The van der Waals surface area contributed by atoms with E-state index in [-0.39, 0.29) is 0 Å². The van der Waals surface area contributed by atoms with Crippen molar-refractivity contribution in [3.63, 3.8) is 0 Å². The topological polar surface area (TPSA) is 63.8 Å². The summed E-state index contributed by atoms with van der Waals surface area (Å²) in [6.07, 6.45) is 0.996. The molecule has 0 saturated heterocycles. The predicted octanol–water partition coefficient (Wildman–Crippen LogP) is 3.87. The van der Waals surface area contributed by atoms with E-state index in [1.165, 1.54) is 0 Å². The summed E-state index contributed by atoms with van der Waals surface area (Å²) in [5, 5.41) is 8.09. The van der Waals surface area contributed by atoms with Crippen molar-refractivity contribution in [3.05, 3.63) is 34.8 Å². The zero-order chi connectivity index (χ0) is 13.9. The Labute approximate surface area is 124 Å². The number of nitrogens with one attached hydrogen (secondary N) is 1. The fourth-order valence-corrected chi connectivity index (χ4v) is 2.38. The van der Waals surface area contributed by atoms with Crippen LogP contribution in [-0.4, -0.2) is 21.7 Å². The normalized spacial score (nSPS) is 10.9. The van der Waals surface area contributed by atoms with Gasteiger partial charge in [0.2, 0.25) is 5.82 Å². The summed E-state index contributed by atoms with van der Waals surface area (Å²) in [7, 11) is 0. The van der Waals surface area contributed by atoms with Gasteiger partial charge in [-0.15, -0.1) is 0 Å². The molecule has 102 valence electrons. The number of rotatable bonds is 4. The second-order valence-electron chi connectivity index (χ2n) is 4.36. The summed E-state index contributed by atoms with van der Waals surface area (Å²) in [6, 6.07) is 10.3. The summed E-state index contributed by atoms with van der Waals surface area (Å²) in [6.45, 7) is 2.87. The average molecular weight is 333 g/mol. The first kappa shape index (κ1) is 13.1. The van der Waals surface area contributed by atoms with E-state index in [1.54, 1.807) is 0 Å². The maximum absolute atomic E-state index is 5.16. The highest BCUT2D eigenvalue weighted by atomic mass is 79.9. The lowest BCUT2D eigenvalue weighted by Gasteiger charge is -2.02. The van der Waals surface area contributed by atoms with Gasteiger partial charge < -0.3 is 9.84 Å². The van der Waals surface area contributed by atoms with Gasteiger partial charge in [0.25, 0.3) is 0 Å². The summed E-state index contributed by atoms with van der Waals surface area (Å²) < 4.78 is 6.00. The highest BCUT2D eigenvalue weighted by molar-refractivity contribution is 9.10. The SMILES string of the molecule is CCCNc1nc(-c2nc3ccccc3cc2Br)no1. The molecule has 1 N–H and O–H groups in total. The number of benzene rings is 1. The average Bonchev–Trinajstić information content (AvgIpc) is 2.93. The second kappa shape index (κ2) is 5.58. The highest BCUT2D eigenvalue weighted by Gasteiger charge is 2.14. The van der Waals surface area contributed by atoms with Crippen LogP contribution in [0.5, 0.6) is 0 Å². The second-order valence-corrected chi connectivity index (χ2v) is 5.22. The molecule has 0 amide bonds. The number of nitrogens with zero attached hydrogens (tertiary/aromatic N) is 3. The lowest BCUT2D eigenvalue weighted by Crippen LogP contribution is -1.99. The Kier molecular flexibility index (Phi) is 3.64. The standard InChI is InChI=1S/C14H13BrN4O/c1-2-7-16-14-18-13(19-20-14)12-10(15)8-9-5-3-4-6-11(9)17-12/h3-6,8H,2,7H2,1H3,(H,16,18,19). The van der Waals surface area contributed by atoms with Crippen molar-refractivity contribution in [2.75, 3.05) is 11.9 Å². The van der Waals surface area contributed by atoms with Crippen LogP contribution in [0.1, 0.15) is 13.3 Å². The maximum Gasteiger partial charge on any atom is 0.321 e. The van der Waals surface area contributed by atoms with Gasteiger partial charge in [0, 0.05) is 16.4 Å². The third-order valence-corrected chi connectivity index (χ3v) is 3.45. The molecule has 20 heavy (non-hydrogen) atoms. The molecule has 0 bridgehead atoms. The van der Waals surface area contributed by atoms with E-state index in [4.69, 9.17) is 4.52 Å². The molecule has 6 heteroatoms. The molecular weight excluding hydrogens is 320 g/mol. The fourth-order valence-electron chi connectivity index (χ4n) is 1.87. The summed E-state index contributed by atoms with van der Waals surface area (Å²) in [5.74, 6) is 0.473.